The fourth-order valence-corrected chi connectivity index (χ4v) is 3.07. The molecule has 0 amide bonds. The number of hydrogen-bond acceptors (Lipinski definition) is 5. The Morgan fingerprint density at radius 3 is 2.63 bits per heavy atom. The first-order valence-electron chi connectivity index (χ1n) is 5.63. The van der Waals surface area contributed by atoms with Crippen LogP contribution in [0.1, 0.15) is 4.88 Å². The molecular weight excluding hydrogens is 326 g/mol. The average Bonchev–Trinajstić information content (AvgIpc) is 3.08. The van der Waals surface area contributed by atoms with Crippen molar-refractivity contribution in [1.29, 1.82) is 0 Å². The third-order valence-electron chi connectivity index (χ3n) is 2.58. The summed E-state index contributed by atoms with van der Waals surface area (Å²) in [5.74, 6) is 0. The molecular formula is C12H10BrN5S. The van der Waals surface area contributed by atoms with E-state index in [-0.39, 0.29) is 0 Å². The van der Waals surface area contributed by atoms with Crippen LogP contribution in [0.25, 0.3) is 5.69 Å². The summed E-state index contributed by atoms with van der Waals surface area (Å²) in [6, 6.07) is 12.1. The Kier molecular flexibility index (Phi) is 3.56. The molecule has 0 atom stereocenters. The van der Waals surface area contributed by atoms with Crippen LogP contribution in [-0.2, 0) is 6.54 Å². The Bertz CT molecular complexity index is 647. The van der Waals surface area contributed by atoms with E-state index in [1.54, 1.807) is 22.3 Å². The second kappa shape index (κ2) is 5.50. The first kappa shape index (κ1) is 12.3. The first-order valence-corrected chi connectivity index (χ1v) is 7.24. The summed E-state index contributed by atoms with van der Waals surface area (Å²) in [4.78, 5) is 1.29. The lowest BCUT2D eigenvalue weighted by Gasteiger charge is -2.05. The summed E-state index contributed by atoms with van der Waals surface area (Å²) in [5.41, 5.74) is 2.01. The third kappa shape index (κ3) is 2.99. The van der Waals surface area contributed by atoms with Crippen molar-refractivity contribution in [1.82, 2.24) is 20.2 Å². The van der Waals surface area contributed by atoms with Crippen LogP contribution in [0.2, 0.25) is 0 Å². The van der Waals surface area contributed by atoms with Crippen LogP contribution in [0.4, 0.5) is 5.69 Å². The molecule has 96 valence electrons. The third-order valence-corrected chi connectivity index (χ3v) is 4.20. The molecule has 5 nitrogen and oxygen atoms in total. The molecule has 0 saturated heterocycles. The van der Waals surface area contributed by atoms with Gasteiger partial charge in [-0.3, -0.25) is 0 Å². The summed E-state index contributed by atoms with van der Waals surface area (Å²) < 4.78 is 2.78. The average molecular weight is 336 g/mol. The van der Waals surface area contributed by atoms with Crippen LogP contribution in [0.15, 0.2) is 46.5 Å². The van der Waals surface area contributed by atoms with Crippen molar-refractivity contribution in [2.75, 3.05) is 5.32 Å². The minimum Gasteiger partial charge on any atom is -0.380 e. The predicted octanol–water partition coefficient (Wildman–Crippen LogP) is 3.10. The number of tetrazole rings is 1. The zero-order valence-corrected chi connectivity index (χ0v) is 12.2. The van der Waals surface area contributed by atoms with Gasteiger partial charge in [-0.1, -0.05) is 0 Å². The molecule has 0 aliphatic rings. The minimum atomic E-state index is 0.820. The molecule has 0 saturated carbocycles. The largest absolute Gasteiger partial charge is 0.380 e. The predicted molar refractivity (Wildman–Crippen MR) is 78.5 cm³/mol. The van der Waals surface area contributed by atoms with Gasteiger partial charge in [0.05, 0.1) is 9.47 Å². The van der Waals surface area contributed by atoms with Crippen molar-refractivity contribution < 1.29 is 0 Å². The maximum atomic E-state index is 3.84. The molecule has 0 aliphatic heterocycles. The van der Waals surface area contributed by atoms with E-state index in [0.717, 1.165) is 21.7 Å². The molecule has 7 heteroatoms. The van der Waals surface area contributed by atoms with Crippen molar-refractivity contribution in [3.8, 4) is 5.69 Å². The van der Waals surface area contributed by atoms with E-state index in [0.29, 0.717) is 0 Å². The highest BCUT2D eigenvalue weighted by Crippen LogP contribution is 2.23. The zero-order chi connectivity index (χ0) is 13.1. The summed E-state index contributed by atoms with van der Waals surface area (Å²) >= 11 is 5.19. The molecule has 0 fully saturated rings. The molecule has 0 radical (unpaired) electrons. The first-order chi connectivity index (χ1) is 9.31. The Hall–Kier alpha value is -1.73. The SMILES string of the molecule is Brc1ccc(CNc2ccc(-n3cnnn3)cc2)s1. The van der Waals surface area contributed by atoms with E-state index in [1.807, 2.05) is 24.3 Å². The van der Waals surface area contributed by atoms with E-state index in [9.17, 15) is 0 Å². The van der Waals surface area contributed by atoms with Gasteiger partial charge in [-0.25, -0.2) is 4.68 Å². The topological polar surface area (TPSA) is 55.6 Å². The number of benzene rings is 1. The summed E-state index contributed by atoms with van der Waals surface area (Å²) in [6.07, 6.45) is 1.58. The minimum absolute atomic E-state index is 0.820. The van der Waals surface area contributed by atoms with Crippen LogP contribution < -0.4 is 5.32 Å². The Morgan fingerprint density at radius 1 is 1.16 bits per heavy atom. The summed E-state index contributed by atoms with van der Waals surface area (Å²) in [6.45, 7) is 0.820. The molecule has 1 aromatic carbocycles. The highest BCUT2D eigenvalue weighted by atomic mass is 79.9. The Morgan fingerprint density at radius 2 is 2.00 bits per heavy atom. The van der Waals surface area contributed by atoms with Crippen LogP contribution in [0, 0.1) is 0 Å². The lowest BCUT2D eigenvalue weighted by molar-refractivity contribution is 0.789. The van der Waals surface area contributed by atoms with Crippen LogP contribution >= 0.6 is 27.3 Å². The van der Waals surface area contributed by atoms with Crippen molar-refractivity contribution in [3.05, 3.63) is 51.4 Å². The normalized spacial score (nSPS) is 10.6. The van der Waals surface area contributed by atoms with E-state index in [2.05, 4.69) is 48.9 Å². The van der Waals surface area contributed by atoms with Gasteiger partial charge in [0.2, 0.25) is 0 Å². The highest BCUT2D eigenvalue weighted by molar-refractivity contribution is 9.11. The number of rotatable bonds is 4. The smallest absolute Gasteiger partial charge is 0.143 e. The number of hydrogen-bond donors (Lipinski definition) is 1. The van der Waals surface area contributed by atoms with E-state index in [4.69, 9.17) is 0 Å². The van der Waals surface area contributed by atoms with Crippen LogP contribution in [0.5, 0.6) is 0 Å². The molecule has 0 aliphatic carbocycles. The number of aromatic nitrogens is 4. The van der Waals surface area contributed by atoms with Gasteiger partial charge in [0.1, 0.15) is 6.33 Å². The molecule has 1 N–H and O–H groups in total. The zero-order valence-electron chi connectivity index (χ0n) is 9.82. The number of anilines is 1. The number of thiophene rings is 1. The van der Waals surface area contributed by atoms with Crippen molar-refractivity contribution >= 4 is 33.0 Å². The maximum Gasteiger partial charge on any atom is 0.143 e. The number of halogens is 1. The lowest BCUT2D eigenvalue weighted by Crippen LogP contribution is -1.99. The lowest BCUT2D eigenvalue weighted by atomic mass is 10.3. The maximum absolute atomic E-state index is 3.84. The fourth-order valence-electron chi connectivity index (χ4n) is 1.65. The van der Waals surface area contributed by atoms with Crippen LogP contribution in [-0.4, -0.2) is 20.2 Å². The molecule has 19 heavy (non-hydrogen) atoms. The van der Waals surface area contributed by atoms with Crippen molar-refractivity contribution in [2.24, 2.45) is 0 Å². The number of nitrogens with zero attached hydrogens (tertiary/aromatic N) is 4. The quantitative estimate of drug-likeness (QED) is 0.795. The molecule has 0 spiro atoms. The second-order valence-corrected chi connectivity index (χ2v) is 6.41. The fraction of sp³-hybridized carbons (Fsp3) is 0.0833. The van der Waals surface area contributed by atoms with E-state index >= 15 is 0 Å². The van der Waals surface area contributed by atoms with Crippen LogP contribution in [0.3, 0.4) is 0 Å². The van der Waals surface area contributed by atoms with Gasteiger partial charge in [0.15, 0.2) is 0 Å². The van der Waals surface area contributed by atoms with Crippen molar-refractivity contribution in [3.63, 3.8) is 0 Å². The molecule has 3 rings (SSSR count). The van der Waals surface area contributed by atoms with Gasteiger partial charge >= 0.3 is 0 Å². The molecule has 0 bridgehead atoms. The number of nitrogens with one attached hydrogen (secondary N) is 1. The molecule has 0 unspecified atom stereocenters. The van der Waals surface area contributed by atoms with Gasteiger partial charge in [0, 0.05) is 17.1 Å². The Balaban J connectivity index is 1.66. The monoisotopic (exact) mass is 335 g/mol. The van der Waals surface area contributed by atoms with E-state index in [1.165, 1.54) is 4.88 Å². The highest BCUT2D eigenvalue weighted by Gasteiger charge is 2.00. The molecule has 2 aromatic heterocycles. The van der Waals surface area contributed by atoms with Crippen molar-refractivity contribution in [2.45, 2.75) is 6.54 Å². The Labute approximate surface area is 122 Å². The second-order valence-electron chi connectivity index (χ2n) is 3.86. The van der Waals surface area contributed by atoms with E-state index < -0.39 is 0 Å². The van der Waals surface area contributed by atoms with Gasteiger partial charge < -0.3 is 5.32 Å². The standard InChI is InChI=1S/C12H10BrN5S/c13-12-6-5-11(19-12)7-14-9-1-3-10(4-2-9)18-8-15-16-17-18/h1-6,8,14H,7H2. The summed E-state index contributed by atoms with van der Waals surface area (Å²) in [5, 5.41) is 14.4. The van der Waals surface area contributed by atoms with Gasteiger partial charge in [0.25, 0.3) is 0 Å². The molecule has 3 aromatic rings. The molecule has 2 heterocycles. The van der Waals surface area contributed by atoms with Gasteiger partial charge in [-0.2, -0.15) is 0 Å². The van der Waals surface area contributed by atoms with Gasteiger partial charge in [-0.15, -0.1) is 16.4 Å². The van der Waals surface area contributed by atoms with Gasteiger partial charge in [-0.05, 0) is 62.8 Å². The summed E-state index contributed by atoms with van der Waals surface area (Å²) in [7, 11) is 0.